The molecule has 1 heterocycles. The highest BCUT2D eigenvalue weighted by molar-refractivity contribution is 6.02. The van der Waals surface area contributed by atoms with Gasteiger partial charge in [0.05, 0.1) is 24.2 Å². The fraction of sp³-hybridized carbons (Fsp3) is 0.136. The molecule has 6 nitrogen and oxygen atoms in total. The third-order valence-corrected chi connectivity index (χ3v) is 4.69. The van der Waals surface area contributed by atoms with Crippen molar-refractivity contribution in [2.75, 3.05) is 12.5 Å². The number of benzene rings is 3. The van der Waals surface area contributed by atoms with E-state index in [1.165, 1.54) is 0 Å². The molecule has 0 aliphatic rings. The van der Waals surface area contributed by atoms with E-state index in [0.717, 1.165) is 22.1 Å². The molecule has 0 saturated carbocycles. The number of para-hydroxylation sites is 1. The van der Waals surface area contributed by atoms with Crippen LogP contribution in [0.25, 0.3) is 21.7 Å². The molecule has 3 aromatic carbocycles. The first-order chi connectivity index (χ1) is 13.7. The molecule has 0 aliphatic heterocycles. The Morgan fingerprint density at radius 2 is 1.82 bits per heavy atom. The molecular weight excluding hydrogens is 352 g/mol. The number of aromatic nitrogens is 2. The van der Waals surface area contributed by atoms with E-state index in [4.69, 9.17) is 4.74 Å². The average molecular weight is 372 g/mol. The van der Waals surface area contributed by atoms with Gasteiger partial charge in [0, 0.05) is 12.1 Å². The monoisotopic (exact) mass is 372 g/mol. The maximum absolute atomic E-state index is 12.7. The molecular formula is C22H20N4O2. The quantitative estimate of drug-likeness (QED) is 0.424. The van der Waals surface area contributed by atoms with Crippen molar-refractivity contribution in [3.8, 4) is 5.75 Å². The van der Waals surface area contributed by atoms with Crippen molar-refractivity contribution in [2.45, 2.75) is 13.5 Å². The molecule has 0 spiro atoms. The maximum Gasteiger partial charge on any atom is 0.262 e. The van der Waals surface area contributed by atoms with Crippen LogP contribution in [0.5, 0.6) is 5.75 Å². The summed E-state index contributed by atoms with van der Waals surface area (Å²) in [6, 6.07) is 19.3. The fourth-order valence-corrected chi connectivity index (χ4v) is 3.29. The van der Waals surface area contributed by atoms with Gasteiger partial charge in [0.1, 0.15) is 5.75 Å². The summed E-state index contributed by atoms with van der Waals surface area (Å²) in [5.41, 5.74) is 4.34. The number of hydrogen-bond acceptors (Lipinski definition) is 5. The van der Waals surface area contributed by atoms with Gasteiger partial charge < -0.3 is 4.74 Å². The maximum atomic E-state index is 12.7. The predicted molar refractivity (Wildman–Crippen MR) is 113 cm³/mol. The van der Waals surface area contributed by atoms with Crippen molar-refractivity contribution >= 4 is 33.8 Å². The lowest BCUT2D eigenvalue weighted by Crippen LogP contribution is -2.23. The normalized spacial score (nSPS) is 11.4. The lowest BCUT2D eigenvalue weighted by Gasteiger charge is -2.11. The number of hydrazone groups is 1. The van der Waals surface area contributed by atoms with Crippen molar-refractivity contribution in [1.82, 2.24) is 9.55 Å². The molecule has 1 aromatic heterocycles. The molecule has 0 atom stereocenters. The van der Waals surface area contributed by atoms with Crippen LogP contribution in [0.4, 0.5) is 5.95 Å². The minimum Gasteiger partial charge on any atom is -0.496 e. The van der Waals surface area contributed by atoms with E-state index in [0.29, 0.717) is 23.4 Å². The van der Waals surface area contributed by atoms with Crippen LogP contribution >= 0.6 is 0 Å². The molecule has 0 amide bonds. The van der Waals surface area contributed by atoms with Crippen molar-refractivity contribution in [3.05, 3.63) is 76.6 Å². The van der Waals surface area contributed by atoms with Crippen LogP contribution in [0.1, 0.15) is 12.5 Å². The molecule has 0 unspecified atom stereocenters. The summed E-state index contributed by atoms with van der Waals surface area (Å²) in [6.45, 7) is 2.40. The predicted octanol–water partition coefficient (Wildman–Crippen LogP) is 4.02. The SMILES string of the molecule is CCn1c(N/N=C\c2c(OC)ccc3ccccc23)nc2ccccc2c1=O. The van der Waals surface area contributed by atoms with Gasteiger partial charge in [-0.05, 0) is 35.9 Å². The molecule has 0 aliphatic carbocycles. The van der Waals surface area contributed by atoms with Gasteiger partial charge >= 0.3 is 0 Å². The Labute approximate surface area is 162 Å². The minimum absolute atomic E-state index is 0.0893. The summed E-state index contributed by atoms with van der Waals surface area (Å²) in [7, 11) is 1.63. The Hall–Kier alpha value is -3.67. The van der Waals surface area contributed by atoms with Gasteiger partial charge in [-0.3, -0.25) is 9.36 Å². The van der Waals surface area contributed by atoms with E-state index in [2.05, 4.69) is 15.5 Å². The summed E-state index contributed by atoms with van der Waals surface area (Å²) in [6.07, 6.45) is 1.70. The molecule has 0 radical (unpaired) electrons. The molecule has 28 heavy (non-hydrogen) atoms. The highest BCUT2D eigenvalue weighted by Crippen LogP contribution is 2.26. The molecule has 1 N–H and O–H groups in total. The second kappa shape index (κ2) is 7.52. The molecule has 0 bridgehead atoms. The number of fused-ring (bicyclic) bond motifs is 2. The van der Waals surface area contributed by atoms with Crippen LogP contribution in [0.3, 0.4) is 0 Å². The van der Waals surface area contributed by atoms with Crippen molar-refractivity contribution in [2.24, 2.45) is 5.10 Å². The Balaban J connectivity index is 1.75. The summed E-state index contributed by atoms with van der Waals surface area (Å²) >= 11 is 0. The highest BCUT2D eigenvalue weighted by atomic mass is 16.5. The summed E-state index contributed by atoms with van der Waals surface area (Å²) in [4.78, 5) is 17.2. The number of nitrogens with zero attached hydrogens (tertiary/aromatic N) is 3. The minimum atomic E-state index is -0.0893. The van der Waals surface area contributed by atoms with E-state index < -0.39 is 0 Å². The molecule has 0 fully saturated rings. The summed E-state index contributed by atoms with van der Waals surface area (Å²) in [5, 5.41) is 7.07. The molecule has 4 aromatic rings. The Bertz CT molecular complexity index is 1240. The number of methoxy groups -OCH3 is 1. The van der Waals surface area contributed by atoms with E-state index >= 15 is 0 Å². The summed E-state index contributed by atoms with van der Waals surface area (Å²) < 4.78 is 7.06. The Kier molecular flexibility index (Phi) is 4.76. The smallest absolute Gasteiger partial charge is 0.262 e. The average Bonchev–Trinajstić information content (AvgIpc) is 2.74. The fourth-order valence-electron chi connectivity index (χ4n) is 3.29. The van der Waals surface area contributed by atoms with E-state index in [1.807, 2.05) is 61.5 Å². The Morgan fingerprint density at radius 3 is 2.61 bits per heavy atom. The van der Waals surface area contributed by atoms with E-state index in [9.17, 15) is 4.79 Å². The van der Waals surface area contributed by atoms with Crippen LogP contribution in [0, 0.1) is 0 Å². The third kappa shape index (κ3) is 3.09. The second-order valence-corrected chi connectivity index (χ2v) is 6.27. The number of hydrogen-bond donors (Lipinski definition) is 1. The molecule has 4 rings (SSSR count). The van der Waals surface area contributed by atoms with Gasteiger partial charge in [-0.2, -0.15) is 5.10 Å². The van der Waals surface area contributed by atoms with Gasteiger partial charge in [0.15, 0.2) is 0 Å². The van der Waals surface area contributed by atoms with E-state index in [-0.39, 0.29) is 5.56 Å². The van der Waals surface area contributed by atoms with Crippen LogP contribution < -0.4 is 15.7 Å². The van der Waals surface area contributed by atoms with Crippen LogP contribution in [-0.2, 0) is 6.54 Å². The zero-order valence-corrected chi connectivity index (χ0v) is 15.7. The first-order valence-corrected chi connectivity index (χ1v) is 9.07. The van der Waals surface area contributed by atoms with Crippen molar-refractivity contribution in [3.63, 3.8) is 0 Å². The topological polar surface area (TPSA) is 68.5 Å². The van der Waals surface area contributed by atoms with E-state index in [1.54, 1.807) is 24.0 Å². The molecule has 6 heteroatoms. The lowest BCUT2D eigenvalue weighted by atomic mass is 10.0. The van der Waals surface area contributed by atoms with Crippen molar-refractivity contribution < 1.29 is 4.74 Å². The largest absolute Gasteiger partial charge is 0.496 e. The van der Waals surface area contributed by atoms with Crippen LogP contribution in [0.15, 0.2) is 70.6 Å². The number of ether oxygens (including phenoxy) is 1. The number of nitrogens with one attached hydrogen (secondary N) is 1. The first kappa shape index (κ1) is 17.7. The highest BCUT2D eigenvalue weighted by Gasteiger charge is 2.09. The van der Waals surface area contributed by atoms with Crippen LogP contribution in [0.2, 0.25) is 0 Å². The molecule has 0 saturated heterocycles. The van der Waals surface area contributed by atoms with Crippen LogP contribution in [-0.4, -0.2) is 22.9 Å². The Morgan fingerprint density at radius 1 is 1.07 bits per heavy atom. The zero-order valence-electron chi connectivity index (χ0n) is 15.7. The number of rotatable bonds is 5. The van der Waals surface area contributed by atoms with Gasteiger partial charge in [-0.1, -0.05) is 42.5 Å². The van der Waals surface area contributed by atoms with Gasteiger partial charge in [0.2, 0.25) is 5.95 Å². The second-order valence-electron chi connectivity index (χ2n) is 6.27. The molecule has 140 valence electrons. The first-order valence-electron chi connectivity index (χ1n) is 9.07. The lowest BCUT2D eigenvalue weighted by molar-refractivity contribution is 0.415. The van der Waals surface area contributed by atoms with Crippen molar-refractivity contribution in [1.29, 1.82) is 0 Å². The number of anilines is 1. The standard InChI is InChI=1S/C22H20N4O2/c1-3-26-21(27)17-10-6-7-11-19(17)24-22(26)25-23-14-18-16-9-5-4-8-15(16)12-13-20(18)28-2/h4-14H,3H2,1-2H3,(H,24,25)/b23-14-. The summed E-state index contributed by atoms with van der Waals surface area (Å²) in [5.74, 6) is 1.13. The van der Waals surface area contributed by atoms with Gasteiger partial charge in [0.25, 0.3) is 5.56 Å². The third-order valence-electron chi connectivity index (χ3n) is 4.69. The van der Waals surface area contributed by atoms with Gasteiger partial charge in [-0.15, -0.1) is 0 Å². The zero-order chi connectivity index (χ0) is 19.5. The van der Waals surface area contributed by atoms with Gasteiger partial charge in [-0.25, -0.2) is 10.4 Å².